The minimum absolute atomic E-state index is 0.155. The van der Waals surface area contributed by atoms with E-state index in [9.17, 15) is 4.79 Å². The van der Waals surface area contributed by atoms with Crippen LogP contribution in [-0.4, -0.2) is 28.3 Å². The highest BCUT2D eigenvalue weighted by atomic mass is 35.5. The number of carbonyl (C=O) groups is 1. The molecule has 1 aromatic heterocycles. The Kier molecular flexibility index (Phi) is 8.08. The van der Waals surface area contributed by atoms with Crippen molar-refractivity contribution in [2.45, 2.75) is 26.0 Å². The van der Waals surface area contributed by atoms with Gasteiger partial charge in [-0.25, -0.2) is 4.68 Å². The number of hydrogen-bond acceptors (Lipinski definition) is 3. The van der Waals surface area contributed by atoms with Crippen LogP contribution in [0.5, 0.6) is 0 Å². The zero-order valence-corrected chi connectivity index (χ0v) is 22.4. The molecule has 1 atom stereocenters. The van der Waals surface area contributed by atoms with Crippen LogP contribution in [0, 0.1) is 0 Å². The molecule has 0 saturated carbocycles. The van der Waals surface area contributed by atoms with Crippen LogP contribution < -0.4 is 5.32 Å². The Balaban J connectivity index is 1.44. The predicted octanol–water partition coefficient (Wildman–Crippen LogP) is 7.52. The lowest BCUT2D eigenvalue weighted by molar-refractivity contribution is 0.0792. The second-order valence-electron chi connectivity index (χ2n) is 9.06. The second kappa shape index (κ2) is 11.8. The lowest BCUT2D eigenvalue weighted by atomic mass is 9.96. The number of ether oxygens (including phenoxy) is 1. The lowest BCUT2D eigenvalue weighted by Crippen LogP contribution is -2.37. The van der Waals surface area contributed by atoms with Crippen molar-refractivity contribution in [3.05, 3.63) is 124 Å². The monoisotopic (exact) mass is 543 g/mol. The number of carbonyl (C=O) groups excluding carboxylic acids is 1. The van der Waals surface area contributed by atoms with E-state index in [1.165, 1.54) is 0 Å². The van der Waals surface area contributed by atoms with E-state index in [1.54, 1.807) is 29.1 Å². The van der Waals surface area contributed by atoms with Crippen molar-refractivity contribution in [1.29, 1.82) is 0 Å². The summed E-state index contributed by atoms with van der Waals surface area (Å²) in [6, 6.07) is 23.1. The van der Waals surface area contributed by atoms with Crippen LogP contribution >= 0.6 is 23.2 Å². The van der Waals surface area contributed by atoms with Crippen LogP contribution in [0.3, 0.4) is 0 Å². The zero-order valence-electron chi connectivity index (χ0n) is 20.9. The molecule has 0 saturated heterocycles. The van der Waals surface area contributed by atoms with Crippen molar-refractivity contribution in [1.82, 2.24) is 15.1 Å². The van der Waals surface area contributed by atoms with E-state index in [0.717, 1.165) is 28.7 Å². The molecule has 1 amide bonds. The largest absolute Gasteiger partial charge is 0.375 e. The van der Waals surface area contributed by atoms with Gasteiger partial charge in [-0.1, -0.05) is 96.9 Å². The molecule has 0 spiro atoms. The number of hydrogen-bond donors (Lipinski definition) is 1. The number of halogens is 2. The molecule has 0 unspecified atom stereocenters. The van der Waals surface area contributed by atoms with E-state index < -0.39 is 0 Å². The molecule has 0 bridgehead atoms. The van der Waals surface area contributed by atoms with Crippen molar-refractivity contribution in [3.8, 4) is 16.9 Å². The van der Waals surface area contributed by atoms with E-state index in [0.29, 0.717) is 40.2 Å². The van der Waals surface area contributed by atoms with Crippen LogP contribution in [0.4, 0.5) is 0 Å². The van der Waals surface area contributed by atoms with Gasteiger partial charge in [-0.05, 0) is 47.4 Å². The summed E-state index contributed by atoms with van der Waals surface area (Å²) in [7, 11) is 0. The fourth-order valence-electron chi connectivity index (χ4n) is 4.28. The smallest absolute Gasteiger partial charge is 0.255 e. The summed E-state index contributed by atoms with van der Waals surface area (Å²) in [5.74, 6) is -0.223. The van der Waals surface area contributed by atoms with Gasteiger partial charge in [0, 0.05) is 10.6 Å². The maximum Gasteiger partial charge on any atom is 0.255 e. The van der Waals surface area contributed by atoms with Gasteiger partial charge in [-0.3, -0.25) is 4.79 Å². The maximum absolute atomic E-state index is 13.6. The molecule has 4 aromatic rings. The fraction of sp³-hybridized carbons (Fsp3) is 0.161. The summed E-state index contributed by atoms with van der Waals surface area (Å²) in [5.41, 5.74) is 5.88. The third kappa shape index (κ3) is 5.76. The van der Waals surface area contributed by atoms with E-state index in [-0.39, 0.29) is 11.9 Å². The fourth-order valence-corrected chi connectivity index (χ4v) is 4.77. The van der Waals surface area contributed by atoms with E-state index in [4.69, 9.17) is 27.9 Å². The highest BCUT2D eigenvalue weighted by molar-refractivity contribution is 6.35. The van der Waals surface area contributed by atoms with Crippen LogP contribution in [0.2, 0.25) is 10.0 Å². The van der Waals surface area contributed by atoms with Gasteiger partial charge in [-0.15, -0.1) is 0 Å². The number of benzene rings is 3. The number of aromatic nitrogens is 2. The van der Waals surface area contributed by atoms with Gasteiger partial charge < -0.3 is 10.1 Å². The van der Waals surface area contributed by atoms with Crippen LogP contribution in [0.1, 0.15) is 34.8 Å². The van der Waals surface area contributed by atoms with Gasteiger partial charge >= 0.3 is 0 Å². The van der Waals surface area contributed by atoms with Crippen molar-refractivity contribution in [2.24, 2.45) is 0 Å². The SMILES string of the molecule is CC[C@H](COCc1ccccc1)NC(=O)c1cnn(-c2ccc(Cl)cc2Cl)c1-c1cccc(C2=CC=C2)c1. The van der Waals surface area contributed by atoms with Crippen molar-refractivity contribution in [2.75, 3.05) is 6.61 Å². The lowest BCUT2D eigenvalue weighted by Gasteiger charge is -2.18. The first-order valence-corrected chi connectivity index (χ1v) is 13.2. The molecule has 1 aliphatic rings. The number of allylic oxidation sites excluding steroid dienone is 4. The van der Waals surface area contributed by atoms with Crippen LogP contribution in [-0.2, 0) is 11.3 Å². The Morgan fingerprint density at radius 2 is 1.82 bits per heavy atom. The normalized spacial score (nSPS) is 13.1. The van der Waals surface area contributed by atoms with Crippen molar-refractivity contribution in [3.63, 3.8) is 0 Å². The maximum atomic E-state index is 13.6. The number of rotatable bonds is 10. The highest BCUT2D eigenvalue weighted by Gasteiger charge is 2.23. The topological polar surface area (TPSA) is 56.1 Å². The number of amides is 1. The van der Waals surface area contributed by atoms with Gasteiger partial charge in [-0.2, -0.15) is 5.10 Å². The molecule has 38 heavy (non-hydrogen) atoms. The molecule has 1 aliphatic carbocycles. The average molecular weight is 544 g/mol. The van der Waals surface area contributed by atoms with Gasteiger partial charge in [0.25, 0.3) is 5.91 Å². The van der Waals surface area contributed by atoms with Gasteiger partial charge in [0.2, 0.25) is 0 Å². The van der Waals surface area contributed by atoms with Crippen LogP contribution in [0.15, 0.2) is 97.2 Å². The third-order valence-corrected chi connectivity index (χ3v) is 6.97. The third-order valence-electron chi connectivity index (χ3n) is 6.43. The molecule has 5 nitrogen and oxygen atoms in total. The quantitative estimate of drug-likeness (QED) is 0.225. The summed E-state index contributed by atoms with van der Waals surface area (Å²) in [5, 5.41) is 8.69. The Bertz CT molecular complexity index is 1510. The summed E-state index contributed by atoms with van der Waals surface area (Å²) in [4.78, 5) is 13.6. The van der Waals surface area contributed by atoms with E-state index >= 15 is 0 Å². The van der Waals surface area contributed by atoms with Crippen molar-refractivity contribution < 1.29 is 9.53 Å². The van der Waals surface area contributed by atoms with Gasteiger partial charge in [0.15, 0.2) is 0 Å². The Labute approximate surface area is 232 Å². The van der Waals surface area contributed by atoms with Gasteiger partial charge in [0.1, 0.15) is 0 Å². The molecule has 1 N–H and O–H groups in total. The summed E-state index contributed by atoms with van der Waals surface area (Å²) in [6.07, 6.45) is 8.43. The second-order valence-corrected chi connectivity index (χ2v) is 9.90. The molecular formula is C31H27Cl2N3O2. The molecule has 192 valence electrons. The predicted molar refractivity (Wildman–Crippen MR) is 154 cm³/mol. The molecule has 1 heterocycles. The molecule has 0 radical (unpaired) electrons. The molecule has 0 aliphatic heterocycles. The Hall–Kier alpha value is -3.64. The Morgan fingerprint density at radius 3 is 2.53 bits per heavy atom. The molecule has 5 rings (SSSR count). The van der Waals surface area contributed by atoms with Crippen molar-refractivity contribution >= 4 is 34.7 Å². The number of nitrogens with zero attached hydrogens (tertiary/aromatic N) is 2. The summed E-state index contributed by atoms with van der Waals surface area (Å²) in [6.45, 7) is 2.92. The van der Waals surface area contributed by atoms with E-state index in [2.05, 4.69) is 28.6 Å². The molecule has 7 heteroatoms. The molecule has 0 fully saturated rings. The highest BCUT2D eigenvalue weighted by Crippen LogP contribution is 2.33. The summed E-state index contributed by atoms with van der Waals surface area (Å²) >= 11 is 12.7. The molecule has 3 aromatic carbocycles. The standard InChI is InChI=1S/C31H27Cl2N3O2/c1-2-26(20-38-19-21-8-4-3-5-9-21)35-31(37)27-18-34-36(29-15-14-25(32)17-28(29)33)30(27)24-13-7-12-23(16-24)22-10-6-11-22/h3-18,26H,2,19-20H2,1H3,(H,35,37)/t26-/m1/s1. The minimum Gasteiger partial charge on any atom is -0.375 e. The van der Waals surface area contributed by atoms with Crippen LogP contribution in [0.25, 0.3) is 22.5 Å². The first-order chi connectivity index (χ1) is 18.5. The number of nitrogens with one attached hydrogen (secondary N) is 1. The minimum atomic E-state index is -0.223. The van der Waals surface area contributed by atoms with E-state index in [1.807, 2.05) is 61.5 Å². The molecular weight excluding hydrogens is 517 g/mol. The van der Waals surface area contributed by atoms with Gasteiger partial charge in [0.05, 0.1) is 47.4 Å². The first kappa shape index (κ1) is 26.0. The first-order valence-electron chi connectivity index (χ1n) is 12.5. The Morgan fingerprint density at radius 1 is 1.03 bits per heavy atom. The average Bonchev–Trinajstić information content (AvgIpc) is 3.33. The summed E-state index contributed by atoms with van der Waals surface area (Å²) < 4.78 is 7.61. The zero-order chi connectivity index (χ0) is 26.5.